The maximum Gasteiger partial charge on any atom is 0.407 e. The summed E-state index contributed by atoms with van der Waals surface area (Å²) in [5, 5.41) is 2.63. The molecule has 13 nitrogen and oxygen atoms in total. The van der Waals surface area contributed by atoms with Gasteiger partial charge in [-0.1, -0.05) is 62.4 Å². The largest absolute Gasteiger partial charge is 0.453 e. The predicted octanol–water partition coefficient (Wildman–Crippen LogP) is 7.12. The number of hydrogen-bond acceptors (Lipinski definition) is 8. The van der Waals surface area contributed by atoms with Crippen molar-refractivity contribution in [2.24, 2.45) is 5.92 Å². The van der Waals surface area contributed by atoms with Gasteiger partial charge in [-0.15, -0.1) is 0 Å². The molecule has 0 unspecified atom stereocenters. The first-order chi connectivity index (χ1) is 27.7. The lowest BCUT2D eigenvalue weighted by molar-refractivity contribution is -0.138. The van der Waals surface area contributed by atoms with E-state index in [9.17, 15) is 14.4 Å². The Kier molecular flexibility index (Phi) is 12.7. The first kappa shape index (κ1) is 40.2. The third kappa shape index (κ3) is 8.64. The molecule has 2 aromatic carbocycles. The van der Waals surface area contributed by atoms with Gasteiger partial charge in [-0.05, 0) is 93.6 Å². The molecule has 1 saturated carbocycles. The number of hydrogen-bond donors (Lipinski definition) is 3. The number of benzene rings is 2. The van der Waals surface area contributed by atoms with Crippen LogP contribution in [0.2, 0.25) is 0 Å². The molecule has 3 amide bonds. The van der Waals surface area contributed by atoms with Crippen LogP contribution in [0.3, 0.4) is 0 Å². The third-order valence-corrected chi connectivity index (χ3v) is 12.6. The number of carbonyl (C=O) groups is 3. The molecule has 3 aliphatic rings. The number of alkyl carbamates (subject to hydrolysis) is 1. The number of nitrogens with zero attached hydrogens (tertiary/aromatic N) is 5. The van der Waals surface area contributed by atoms with Gasteiger partial charge in [-0.25, -0.2) is 14.8 Å². The smallest absolute Gasteiger partial charge is 0.407 e. The van der Waals surface area contributed by atoms with E-state index in [1.807, 2.05) is 6.20 Å². The van der Waals surface area contributed by atoms with Crippen LogP contribution in [0.15, 0.2) is 60.9 Å². The molecule has 57 heavy (non-hydrogen) atoms. The average Bonchev–Trinajstić information content (AvgIpc) is 4.10. The van der Waals surface area contributed by atoms with Crippen LogP contribution in [-0.4, -0.2) is 111 Å². The van der Waals surface area contributed by atoms with E-state index in [2.05, 4.69) is 92.4 Å². The van der Waals surface area contributed by atoms with Crippen LogP contribution in [0.1, 0.15) is 95.9 Å². The highest BCUT2D eigenvalue weighted by molar-refractivity contribution is 5.87. The summed E-state index contributed by atoms with van der Waals surface area (Å²) >= 11 is 0. The number of ether oxygens (including phenoxy) is 2. The fraction of sp³-hybridized carbons (Fsp3) is 0.523. The normalized spacial score (nSPS) is 22.1. The molecule has 3 fully saturated rings. The van der Waals surface area contributed by atoms with Crippen LogP contribution >= 0.6 is 0 Å². The number of imidazole rings is 2. The van der Waals surface area contributed by atoms with E-state index >= 15 is 0 Å². The number of carbonyl (C=O) groups excluding carboxylic acids is 3. The van der Waals surface area contributed by atoms with Crippen LogP contribution in [0.4, 0.5) is 4.79 Å². The zero-order valence-electron chi connectivity index (χ0n) is 34.0. The molecule has 0 spiro atoms. The molecule has 4 atom stereocenters. The van der Waals surface area contributed by atoms with Gasteiger partial charge < -0.3 is 39.5 Å². The van der Waals surface area contributed by atoms with E-state index < -0.39 is 18.2 Å². The number of aromatic nitrogens is 4. The number of amides is 3. The molecular weight excluding hydrogens is 721 g/mol. The van der Waals surface area contributed by atoms with E-state index in [4.69, 9.17) is 14.5 Å². The fourth-order valence-corrected chi connectivity index (χ4v) is 9.16. The Morgan fingerprint density at radius 1 is 0.754 bits per heavy atom. The second-order valence-electron chi connectivity index (χ2n) is 15.7. The quantitative estimate of drug-likeness (QED) is 0.130. The van der Waals surface area contributed by atoms with Crippen LogP contribution in [0.5, 0.6) is 0 Å². The monoisotopic (exact) mass is 778 g/mol. The Bertz CT molecular complexity index is 1960. The maximum absolute atomic E-state index is 13.8. The van der Waals surface area contributed by atoms with Crippen molar-refractivity contribution in [2.45, 2.75) is 102 Å². The highest BCUT2D eigenvalue weighted by Crippen LogP contribution is 2.37. The summed E-state index contributed by atoms with van der Waals surface area (Å²) in [6.45, 7) is 9.71. The second kappa shape index (κ2) is 18.1. The van der Waals surface area contributed by atoms with Crippen molar-refractivity contribution in [1.29, 1.82) is 0 Å². The molecule has 1 aliphatic carbocycles. The van der Waals surface area contributed by atoms with E-state index in [-0.39, 0.29) is 23.9 Å². The first-order valence-electron chi connectivity index (χ1n) is 20.8. The molecular formula is C44H58N8O5. The molecule has 2 aromatic heterocycles. The topological polar surface area (TPSA) is 149 Å². The lowest BCUT2D eigenvalue weighted by Gasteiger charge is -2.37. The highest BCUT2D eigenvalue weighted by atomic mass is 16.5. The first-order valence-corrected chi connectivity index (χ1v) is 20.8. The molecule has 2 saturated heterocycles. The number of aromatic amines is 2. The molecule has 4 aromatic rings. The predicted molar refractivity (Wildman–Crippen MR) is 219 cm³/mol. The van der Waals surface area contributed by atoms with Gasteiger partial charge in [0.05, 0.1) is 49.1 Å². The molecule has 0 radical (unpaired) electrons. The van der Waals surface area contributed by atoms with E-state index in [0.29, 0.717) is 24.3 Å². The standard InChI is InChI=1S/C44H58N8O5/c1-6-50(7-2)34-22-20-33(21-23-34)42(53)51-24-8-10-37(51)40-45-26-35(47-40)31-16-12-29(13-17-31)30-14-18-32(19-15-30)36-27-46-41(48-36)38-11-9-25-52(38)43(54)39(28(3)56-4)49-44(55)57-5/h12-19,26-28,33-34,37-39H,6-11,20-25H2,1-5H3,(H,45,47)(H,46,48)(H,49,55)/t28-,33-,34+,37+,38+,39+/m1/s1. The zero-order valence-corrected chi connectivity index (χ0v) is 34.0. The number of methoxy groups -OCH3 is 2. The third-order valence-electron chi connectivity index (χ3n) is 12.6. The molecule has 13 heteroatoms. The SMILES string of the molecule is CCN(CC)[C@H]1CC[C@@H](C(=O)N2CCC[C@H]2c2ncc(-c3ccc(-c4ccc(-c5cnc([C@@H]6CCCN6C(=O)[C@@H](NC(=O)OC)[C@@H](C)OC)[nH]5)cc4)cc3)[nH]2)CC1. The van der Waals surface area contributed by atoms with E-state index in [1.54, 1.807) is 18.0 Å². The van der Waals surface area contributed by atoms with Crippen molar-refractivity contribution in [1.82, 2.24) is 40.0 Å². The van der Waals surface area contributed by atoms with Gasteiger partial charge in [0, 0.05) is 32.2 Å². The van der Waals surface area contributed by atoms with Gasteiger partial charge in [0.15, 0.2) is 0 Å². The van der Waals surface area contributed by atoms with Gasteiger partial charge in [-0.2, -0.15) is 0 Å². The van der Waals surface area contributed by atoms with Crippen molar-refractivity contribution in [2.75, 3.05) is 40.4 Å². The van der Waals surface area contributed by atoms with Gasteiger partial charge in [0.2, 0.25) is 11.8 Å². The lowest BCUT2D eigenvalue weighted by Crippen LogP contribution is -2.54. The Labute approximate surface area is 335 Å². The van der Waals surface area contributed by atoms with Crippen molar-refractivity contribution in [3.63, 3.8) is 0 Å². The van der Waals surface area contributed by atoms with E-state index in [1.165, 1.54) is 14.2 Å². The molecule has 4 heterocycles. The van der Waals surface area contributed by atoms with Crippen molar-refractivity contribution < 1.29 is 23.9 Å². The zero-order chi connectivity index (χ0) is 40.1. The highest BCUT2D eigenvalue weighted by Gasteiger charge is 2.39. The summed E-state index contributed by atoms with van der Waals surface area (Å²) in [4.78, 5) is 62.3. The number of H-pyrrole nitrogens is 2. The molecule has 3 N–H and O–H groups in total. The second-order valence-corrected chi connectivity index (χ2v) is 15.7. The summed E-state index contributed by atoms with van der Waals surface area (Å²) in [5.74, 6) is 1.78. The maximum atomic E-state index is 13.8. The van der Waals surface area contributed by atoms with Crippen LogP contribution in [-0.2, 0) is 19.1 Å². The van der Waals surface area contributed by atoms with Crippen LogP contribution in [0.25, 0.3) is 33.6 Å². The van der Waals surface area contributed by atoms with Gasteiger partial charge in [-0.3, -0.25) is 9.59 Å². The minimum atomic E-state index is -0.881. The van der Waals surface area contributed by atoms with Gasteiger partial charge >= 0.3 is 6.09 Å². The average molecular weight is 779 g/mol. The minimum Gasteiger partial charge on any atom is -0.453 e. The van der Waals surface area contributed by atoms with Crippen molar-refractivity contribution in [3.05, 3.63) is 72.6 Å². The molecule has 2 aliphatic heterocycles. The van der Waals surface area contributed by atoms with Gasteiger partial charge in [0.1, 0.15) is 17.7 Å². The van der Waals surface area contributed by atoms with Crippen LogP contribution in [0, 0.1) is 5.92 Å². The summed E-state index contributed by atoms with van der Waals surface area (Å²) in [6, 6.07) is 16.3. The number of nitrogens with one attached hydrogen (secondary N) is 3. The van der Waals surface area contributed by atoms with Gasteiger partial charge in [0.25, 0.3) is 0 Å². The molecule has 7 rings (SSSR count). The lowest BCUT2D eigenvalue weighted by atomic mass is 9.84. The summed E-state index contributed by atoms with van der Waals surface area (Å²) in [7, 11) is 2.78. The summed E-state index contributed by atoms with van der Waals surface area (Å²) in [6.07, 6.45) is 10.2. The fourth-order valence-electron chi connectivity index (χ4n) is 9.16. The summed E-state index contributed by atoms with van der Waals surface area (Å²) < 4.78 is 10.2. The van der Waals surface area contributed by atoms with E-state index in [0.717, 1.165) is 110 Å². The Balaban J connectivity index is 0.971. The number of likely N-dealkylation sites (tertiary alicyclic amines) is 2. The van der Waals surface area contributed by atoms with Crippen molar-refractivity contribution in [3.8, 4) is 33.6 Å². The molecule has 0 bridgehead atoms. The van der Waals surface area contributed by atoms with Crippen LogP contribution < -0.4 is 5.32 Å². The Morgan fingerprint density at radius 3 is 1.74 bits per heavy atom. The molecule has 304 valence electrons. The van der Waals surface area contributed by atoms with Crippen molar-refractivity contribution >= 4 is 17.9 Å². The minimum absolute atomic E-state index is 0.00231. The Hall–Kier alpha value is -5.01. The summed E-state index contributed by atoms with van der Waals surface area (Å²) in [5.41, 5.74) is 6.03. The number of rotatable bonds is 13. The Morgan fingerprint density at radius 2 is 1.25 bits per heavy atom.